The van der Waals surface area contributed by atoms with Crippen LogP contribution in [0.15, 0.2) is 60.8 Å². The van der Waals surface area contributed by atoms with E-state index in [9.17, 15) is 22.8 Å². The Morgan fingerprint density at radius 3 is 1.95 bits per heavy atom. The van der Waals surface area contributed by atoms with Gasteiger partial charge in [0, 0.05) is 30.5 Å². The van der Waals surface area contributed by atoms with Gasteiger partial charge in [-0.15, -0.1) is 0 Å². The lowest BCUT2D eigenvalue weighted by atomic mass is 10.0. The molecule has 0 aliphatic rings. The topological polar surface area (TPSA) is 74.7 Å². The van der Waals surface area contributed by atoms with Crippen LogP contribution >= 0.6 is 0 Å². The fourth-order valence-electron chi connectivity index (χ4n) is 3.84. The molecule has 4 aromatic rings. The Morgan fingerprint density at radius 1 is 0.703 bits per heavy atom. The molecule has 0 aliphatic heterocycles. The Morgan fingerprint density at radius 2 is 1.32 bits per heavy atom. The molecule has 0 aliphatic carbocycles. The number of carbonyl (C=O) groups is 2. The third kappa shape index (κ3) is 6.06. The summed E-state index contributed by atoms with van der Waals surface area (Å²) in [5.41, 5.74) is 1.19. The van der Waals surface area contributed by atoms with Crippen LogP contribution in [0.5, 0.6) is 23.0 Å². The zero-order valence-electron chi connectivity index (χ0n) is 20.0. The van der Waals surface area contributed by atoms with Gasteiger partial charge in [-0.05, 0) is 47.5 Å². The van der Waals surface area contributed by atoms with Gasteiger partial charge < -0.3 is 14.2 Å². The van der Waals surface area contributed by atoms with Gasteiger partial charge in [0.25, 0.3) is 0 Å². The normalized spacial score (nSPS) is 10.8. The second kappa shape index (κ2) is 11.1. The highest BCUT2D eigenvalue weighted by Gasteiger charge is 2.16. The van der Waals surface area contributed by atoms with E-state index in [1.54, 1.807) is 18.2 Å². The third-order valence-electron chi connectivity index (χ3n) is 5.60. The largest absolute Gasteiger partial charge is 0.493 e. The molecule has 0 atom stereocenters. The van der Waals surface area contributed by atoms with Crippen molar-refractivity contribution in [2.45, 2.75) is 19.3 Å². The maximum absolute atomic E-state index is 14.8. The average molecular weight is 509 g/mol. The molecule has 0 fully saturated rings. The molecule has 0 spiro atoms. The second-order valence-corrected chi connectivity index (χ2v) is 8.26. The van der Waals surface area contributed by atoms with E-state index in [0.717, 1.165) is 12.1 Å². The lowest BCUT2D eigenvalue weighted by molar-refractivity contribution is -0.126. The summed E-state index contributed by atoms with van der Waals surface area (Å²) in [4.78, 5) is 28.8. The summed E-state index contributed by atoms with van der Waals surface area (Å²) in [6, 6.07) is 12.2. The van der Waals surface area contributed by atoms with Gasteiger partial charge in [0.2, 0.25) is 0 Å². The molecule has 0 saturated heterocycles. The van der Waals surface area contributed by atoms with Crippen LogP contribution in [0, 0.1) is 17.5 Å². The summed E-state index contributed by atoms with van der Waals surface area (Å²) in [6.45, 7) is 0. The fourth-order valence-corrected chi connectivity index (χ4v) is 3.84. The van der Waals surface area contributed by atoms with Gasteiger partial charge in [0.1, 0.15) is 17.3 Å². The maximum atomic E-state index is 14.8. The molecule has 1 heterocycles. The average Bonchev–Trinajstić information content (AvgIpc) is 2.87. The molecule has 4 rings (SSSR count). The summed E-state index contributed by atoms with van der Waals surface area (Å²) >= 11 is 0. The molecule has 0 saturated carbocycles. The van der Waals surface area contributed by atoms with Crippen LogP contribution in [0.2, 0.25) is 0 Å². The smallest absolute Gasteiger partial charge is 0.166 e. The zero-order chi connectivity index (χ0) is 26.5. The minimum Gasteiger partial charge on any atom is -0.493 e. The van der Waals surface area contributed by atoms with Crippen LogP contribution in [0.1, 0.15) is 17.5 Å². The van der Waals surface area contributed by atoms with E-state index in [1.165, 1.54) is 44.7 Å². The number of ether oxygens (including phenoxy) is 3. The fraction of sp³-hybridized carbons (Fsp3) is 0.179. The molecule has 0 N–H and O–H groups in total. The highest BCUT2D eigenvalue weighted by atomic mass is 19.2. The Hall–Kier alpha value is -4.40. The number of fused-ring (bicyclic) bond motifs is 1. The first-order valence-corrected chi connectivity index (χ1v) is 11.2. The van der Waals surface area contributed by atoms with Gasteiger partial charge in [0.15, 0.2) is 34.7 Å². The molecule has 37 heavy (non-hydrogen) atoms. The monoisotopic (exact) mass is 509 g/mol. The summed E-state index contributed by atoms with van der Waals surface area (Å²) in [5.74, 6) is -2.42. The van der Waals surface area contributed by atoms with Crippen molar-refractivity contribution in [2.75, 3.05) is 14.2 Å². The summed E-state index contributed by atoms with van der Waals surface area (Å²) in [7, 11) is 3.00. The van der Waals surface area contributed by atoms with Crippen molar-refractivity contribution in [3.05, 3.63) is 89.4 Å². The predicted molar refractivity (Wildman–Crippen MR) is 130 cm³/mol. The molecule has 3 aromatic carbocycles. The number of carbonyl (C=O) groups excluding carboxylic acids is 2. The number of benzene rings is 3. The molecule has 0 amide bonds. The Labute approximate surface area is 210 Å². The Bertz CT molecular complexity index is 1490. The first kappa shape index (κ1) is 25.7. The van der Waals surface area contributed by atoms with Crippen molar-refractivity contribution in [1.29, 1.82) is 0 Å². The predicted octanol–water partition coefficient (Wildman–Crippen LogP) is 5.78. The van der Waals surface area contributed by atoms with Crippen molar-refractivity contribution in [1.82, 2.24) is 4.98 Å². The molecular weight excluding hydrogens is 487 g/mol. The highest BCUT2D eigenvalue weighted by Crippen LogP contribution is 2.37. The van der Waals surface area contributed by atoms with Crippen molar-refractivity contribution in [2.24, 2.45) is 0 Å². The lowest BCUT2D eigenvalue weighted by Gasteiger charge is -2.13. The van der Waals surface area contributed by atoms with Crippen molar-refractivity contribution >= 4 is 22.5 Å². The van der Waals surface area contributed by atoms with Crippen LogP contribution in [0.3, 0.4) is 0 Å². The summed E-state index contributed by atoms with van der Waals surface area (Å²) in [6.07, 6.45) is 0.732. The standard InChI is InChI=1S/C28H22F3NO5/c1-35-27-14-20-24(15-28(27)36-2)32-8-7-25(20)37-26-6-4-17(12-23(26)31)10-19(34)13-18(33)9-16-3-5-21(29)22(30)11-16/h3-8,11-12,14-15H,9-10,13H2,1-2H3. The van der Waals surface area contributed by atoms with E-state index >= 15 is 0 Å². The van der Waals surface area contributed by atoms with Gasteiger partial charge in [-0.1, -0.05) is 12.1 Å². The number of methoxy groups -OCH3 is 2. The highest BCUT2D eigenvalue weighted by molar-refractivity contribution is 6.00. The molecule has 0 radical (unpaired) electrons. The van der Waals surface area contributed by atoms with Gasteiger partial charge in [-0.2, -0.15) is 0 Å². The number of pyridine rings is 1. The van der Waals surface area contributed by atoms with E-state index in [4.69, 9.17) is 14.2 Å². The van der Waals surface area contributed by atoms with E-state index in [2.05, 4.69) is 4.98 Å². The molecular formula is C28H22F3NO5. The molecule has 6 nitrogen and oxygen atoms in total. The van der Waals surface area contributed by atoms with Gasteiger partial charge in [-0.3, -0.25) is 14.6 Å². The van der Waals surface area contributed by atoms with Gasteiger partial charge >= 0.3 is 0 Å². The van der Waals surface area contributed by atoms with Crippen molar-refractivity contribution < 1.29 is 37.0 Å². The number of ketones is 2. The zero-order valence-corrected chi connectivity index (χ0v) is 20.0. The number of Topliss-reactive ketones (excluding diaryl/α,β-unsaturated/α-hetero) is 2. The number of aromatic nitrogens is 1. The van der Waals surface area contributed by atoms with Crippen LogP contribution in [0.25, 0.3) is 10.9 Å². The summed E-state index contributed by atoms with van der Waals surface area (Å²) < 4.78 is 57.6. The number of rotatable bonds is 10. The number of hydrogen-bond donors (Lipinski definition) is 0. The third-order valence-corrected chi connectivity index (χ3v) is 5.60. The minimum atomic E-state index is -1.06. The number of nitrogens with zero attached hydrogens (tertiary/aromatic N) is 1. The van der Waals surface area contributed by atoms with Gasteiger partial charge in [-0.25, -0.2) is 13.2 Å². The lowest BCUT2D eigenvalue weighted by Crippen LogP contribution is -2.12. The minimum absolute atomic E-state index is 0.0621. The van der Waals surface area contributed by atoms with Crippen molar-refractivity contribution in [3.8, 4) is 23.0 Å². The molecule has 0 bridgehead atoms. The van der Waals surface area contributed by atoms with Crippen LogP contribution in [-0.2, 0) is 22.4 Å². The Balaban J connectivity index is 1.43. The van der Waals surface area contributed by atoms with E-state index < -0.39 is 35.4 Å². The first-order chi connectivity index (χ1) is 17.8. The van der Waals surface area contributed by atoms with E-state index in [-0.39, 0.29) is 24.2 Å². The molecule has 1 aromatic heterocycles. The maximum Gasteiger partial charge on any atom is 0.166 e. The van der Waals surface area contributed by atoms with E-state index in [1.807, 2.05) is 0 Å². The quantitative estimate of drug-likeness (QED) is 0.253. The summed E-state index contributed by atoms with van der Waals surface area (Å²) in [5, 5.41) is 0.582. The number of hydrogen-bond acceptors (Lipinski definition) is 6. The Kier molecular flexibility index (Phi) is 7.71. The van der Waals surface area contributed by atoms with Crippen LogP contribution in [0.4, 0.5) is 13.2 Å². The van der Waals surface area contributed by atoms with Gasteiger partial charge in [0.05, 0.1) is 26.2 Å². The molecule has 9 heteroatoms. The second-order valence-electron chi connectivity index (χ2n) is 8.26. The van der Waals surface area contributed by atoms with Crippen molar-refractivity contribution in [3.63, 3.8) is 0 Å². The van der Waals surface area contributed by atoms with E-state index in [0.29, 0.717) is 33.7 Å². The number of halogens is 3. The van der Waals surface area contributed by atoms with Crippen LogP contribution in [-0.4, -0.2) is 30.8 Å². The molecule has 0 unspecified atom stereocenters. The SMILES string of the molecule is COc1cc2nccc(Oc3ccc(CC(=O)CC(=O)Cc4ccc(F)c(F)c4)cc3F)c2cc1OC. The molecule has 190 valence electrons. The first-order valence-electron chi connectivity index (χ1n) is 11.2. The van der Waals surface area contributed by atoms with Crippen LogP contribution < -0.4 is 14.2 Å².